The second-order valence-corrected chi connectivity index (χ2v) is 12.2. The molecule has 1 N–H and O–H groups in total. The topological polar surface area (TPSA) is 29.1 Å². The van der Waals surface area contributed by atoms with Gasteiger partial charge in [-0.3, -0.25) is 4.79 Å². The highest BCUT2D eigenvalue weighted by Crippen LogP contribution is 2.82. The Morgan fingerprint density at radius 3 is 2.28 bits per heavy atom. The first kappa shape index (κ1) is 20.1. The number of rotatable bonds is 5. The smallest absolute Gasteiger partial charge is 0.288 e. The van der Waals surface area contributed by atoms with Crippen LogP contribution in [0.5, 0.6) is 0 Å². The quantitative estimate of drug-likeness (QED) is 0.323. The number of benzene rings is 1. The monoisotopic (exact) mass is 559 g/mol. The maximum atomic E-state index is 13.1. The van der Waals surface area contributed by atoms with E-state index in [-0.39, 0.29) is 25.3 Å². The van der Waals surface area contributed by atoms with E-state index in [4.69, 9.17) is 0 Å². The van der Waals surface area contributed by atoms with E-state index >= 15 is 0 Å². The van der Waals surface area contributed by atoms with Gasteiger partial charge in [0.05, 0.1) is 9.15 Å². The molecule has 8 heteroatoms. The van der Waals surface area contributed by atoms with Gasteiger partial charge < -0.3 is 5.32 Å². The van der Waals surface area contributed by atoms with Crippen LogP contribution < -0.4 is 5.32 Å². The number of carbonyl (C=O) groups is 1. The minimum atomic E-state index is -2.45. The first-order valence-electron chi connectivity index (χ1n) is 7.88. The van der Waals surface area contributed by atoms with Crippen LogP contribution in [0.4, 0.5) is 14.5 Å². The Kier molecular flexibility index (Phi) is 5.42. The molecule has 0 heterocycles. The Morgan fingerprint density at radius 1 is 1.24 bits per heavy atom. The summed E-state index contributed by atoms with van der Waals surface area (Å²) in [6.45, 7) is 4.30. The zero-order valence-corrected chi connectivity index (χ0v) is 19.2. The lowest BCUT2D eigenvalue weighted by atomic mass is 9.43. The molecule has 0 aliphatic heterocycles. The Bertz CT molecular complexity index is 685. The molecule has 3 aliphatic rings. The minimum Gasteiger partial charge on any atom is -0.326 e. The lowest BCUT2D eigenvalue weighted by molar-refractivity contribution is -0.155. The van der Waals surface area contributed by atoms with Crippen molar-refractivity contribution in [3.05, 3.63) is 24.3 Å². The van der Waals surface area contributed by atoms with E-state index < -0.39 is 11.2 Å². The number of hydrogen-bond donors (Lipinski definition) is 1. The van der Waals surface area contributed by atoms with Crippen LogP contribution >= 0.6 is 59.6 Å². The van der Waals surface area contributed by atoms with E-state index in [1.54, 1.807) is 24.3 Å². The summed E-state index contributed by atoms with van der Waals surface area (Å²) in [5.41, 5.74) is -0.0562. The summed E-state index contributed by atoms with van der Waals surface area (Å²) in [6, 6.07) is 6.56. The Hall–Kier alpha value is 0.340. The van der Waals surface area contributed by atoms with Gasteiger partial charge in [-0.1, -0.05) is 73.4 Å². The van der Waals surface area contributed by atoms with Crippen molar-refractivity contribution in [2.24, 2.45) is 16.2 Å². The molecule has 0 spiro atoms. The number of halogens is 5. The largest absolute Gasteiger partial charge is 0.326 e. The molecule has 25 heavy (non-hydrogen) atoms. The minimum absolute atomic E-state index is 0.0117. The number of anilines is 1. The number of alkyl halides is 5. The van der Waals surface area contributed by atoms with Gasteiger partial charge in [0.25, 0.3) is 5.76 Å². The molecular formula is C17H18Br3F2NOS. The third-order valence-corrected chi connectivity index (χ3v) is 10.2. The highest BCUT2D eigenvalue weighted by Gasteiger charge is 2.83. The maximum Gasteiger partial charge on any atom is 0.288 e. The highest BCUT2D eigenvalue weighted by atomic mass is 79.9. The van der Waals surface area contributed by atoms with Crippen LogP contribution in [0.15, 0.2) is 29.2 Å². The summed E-state index contributed by atoms with van der Waals surface area (Å²) < 4.78 is 24.9. The first-order valence-corrected chi connectivity index (χ1v) is 11.5. The molecule has 1 aromatic rings. The fourth-order valence-electron chi connectivity index (χ4n) is 4.66. The van der Waals surface area contributed by atoms with Crippen LogP contribution in [0.3, 0.4) is 0 Å². The highest BCUT2D eigenvalue weighted by molar-refractivity contribution is 9.24. The molecule has 3 saturated carbocycles. The third-order valence-electron chi connectivity index (χ3n) is 6.23. The van der Waals surface area contributed by atoms with Crippen molar-refractivity contribution in [3.8, 4) is 0 Å². The summed E-state index contributed by atoms with van der Waals surface area (Å²) in [7, 11) is 0. The van der Waals surface area contributed by atoms with Gasteiger partial charge in [-0.25, -0.2) is 0 Å². The van der Waals surface area contributed by atoms with Gasteiger partial charge in [0.15, 0.2) is 0 Å². The molecule has 1 amide bonds. The van der Waals surface area contributed by atoms with Gasteiger partial charge in [0, 0.05) is 20.8 Å². The molecule has 2 nitrogen and oxygen atoms in total. The molecule has 1 aromatic carbocycles. The van der Waals surface area contributed by atoms with Crippen LogP contribution in [0.2, 0.25) is 0 Å². The van der Waals surface area contributed by atoms with Crippen LogP contribution in [0.1, 0.15) is 26.7 Å². The number of nitrogens with one attached hydrogen (secondary N) is 1. The van der Waals surface area contributed by atoms with Crippen molar-refractivity contribution in [3.63, 3.8) is 0 Å². The average Bonchev–Trinajstić information content (AvgIpc) is 2.98. The summed E-state index contributed by atoms with van der Waals surface area (Å²) in [6.07, 6.45) is 1.77. The molecule has 3 aliphatic carbocycles. The third kappa shape index (κ3) is 2.68. The Morgan fingerprint density at radius 2 is 1.84 bits per heavy atom. The van der Waals surface area contributed by atoms with Crippen molar-refractivity contribution >= 4 is 71.1 Å². The zero-order valence-electron chi connectivity index (χ0n) is 13.7. The second kappa shape index (κ2) is 6.74. The molecule has 0 radical (unpaired) electrons. The summed E-state index contributed by atoms with van der Waals surface area (Å²) >= 11 is 11.6. The molecule has 0 aromatic heterocycles. The van der Waals surface area contributed by atoms with Gasteiger partial charge >= 0.3 is 0 Å². The van der Waals surface area contributed by atoms with Crippen molar-refractivity contribution in [1.29, 1.82) is 0 Å². The number of fused-ring (bicyclic) bond motifs is 1. The van der Waals surface area contributed by atoms with E-state index in [1.807, 2.05) is 0 Å². The van der Waals surface area contributed by atoms with Gasteiger partial charge in [0.2, 0.25) is 5.91 Å². The van der Waals surface area contributed by atoms with Crippen LogP contribution in [0, 0.1) is 16.2 Å². The molecule has 3 fully saturated rings. The first-order chi connectivity index (χ1) is 11.6. The van der Waals surface area contributed by atoms with Crippen molar-refractivity contribution in [2.45, 2.75) is 45.9 Å². The van der Waals surface area contributed by atoms with Crippen LogP contribution in [0.25, 0.3) is 0 Å². The molecular weight excluding hydrogens is 544 g/mol. The Balaban J connectivity index is 1.78. The normalized spacial score (nSPS) is 32.8. The lowest BCUT2D eigenvalue weighted by Crippen LogP contribution is -2.71. The van der Waals surface area contributed by atoms with Crippen molar-refractivity contribution in [2.75, 3.05) is 5.32 Å². The van der Waals surface area contributed by atoms with E-state index in [1.165, 1.54) is 0 Å². The van der Waals surface area contributed by atoms with Crippen LogP contribution in [-0.4, -0.2) is 20.2 Å². The number of hydrogen-bond acceptors (Lipinski definition) is 2. The average molecular weight is 562 g/mol. The molecule has 4 rings (SSSR count). The molecule has 3 atom stereocenters. The second-order valence-electron chi connectivity index (χ2n) is 7.16. The number of carbonyl (C=O) groups excluding carboxylic acids is 1. The van der Waals surface area contributed by atoms with Crippen LogP contribution in [-0.2, 0) is 4.79 Å². The number of amides is 1. The van der Waals surface area contributed by atoms with Gasteiger partial charge in [-0.2, -0.15) is 8.78 Å². The Labute approximate surface area is 175 Å². The van der Waals surface area contributed by atoms with Gasteiger partial charge in [-0.15, -0.1) is 0 Å². The van der Waals surface area contributed by atoms with Gasteiger partial charge in [0.1, 0.15) is 0 Å². The predicted octanol–water partition coefficient (Wildman–Crippen LogP) is 6.63. The predicted molar refractivity (Wildman–Crippen MR) is 109 cm³/mol. The fraction of sp³-hybridized carbons (Fsp3) is 0.588. The van der Waals surface area contributed by atoms with E-state index in [0.717, 1.165) is 12.8 Å². The molecule has 0 saturated heterocycles. The zero-order chi connectivity index (χ0) is 18.6. The maximum absolute atomic E-state index is 13.1. The number of thioether (sulfide) groups is 1. The van der Waals surface area contributed by atoms with E-state index in [0.29, 0.717) is 22.3 Å². The van der Waals surface area contributed by atoms with Crippen molar-refractivity contribution < 1.29 is 13.6 Å². The van der Waals surface area contributed by atoms with E-state index in [2.05, 4.69) is 67.0 Å². The summed E-state index contributed by atoms with van der Waals surface area (Å²) in [5, 5.41) is 2.99. The van der Waals surface area contributed by atoms with Gasteiger partial charge in [-0.05, 0) is 42.5 Å². The summed E-state index contributed by atoms with van der Waals surface area (Å²) in [4.78, 5) is 13.7. The molecule has 138 valence electrons. The van der Waals surface area contributed by atoms with E-state index in [9.17, 15) is 13.6 Å². The van der Waals surface area contributed by atoms with Crippen molar-refractivity contribution in [1.82, 2.24) is 0 Å². The summed E-state index contributed by atoms with van der Waals surface area (Å²) in [5.74, 6) is -2.46. The lowest BCUT2D eigenvalue weighted by Gasteiger charge is -2.66. The molecule has 0 unspecified atom stereocenters. The fourth-order valence-corrected chi connectivity index (χ4v) is 10.1. The standard InChI is InChI=1S/C17H18Br3F2NOS/c1-15(2)16(12(19)20)7-8-17(15,11(16)18)13(24)23-9-3-5-10(6-4-9)25-14(21)22/h3-6,11-12,14H,7-8H2,1-2H3,(H,23,24)/t11-,16-,17+/m1/s1. The SMILES string of the molecule is CC1(C)[C@]2(C(Br)Br)CC[C@@]1(C(=O)Nc1ccc(SC(F)F)cc1)[C@@H]2Br. The molecule has 2 bridgehead atoms.